The van der Waals surface area contributed by atoms with E-state index in [9.17, 15) is 22.8 Å². The number of piperazine rings is 1. The monoisotopic (exact) mass is 568 g/mol. The lowest BCUT2D eigenvalue weighted by atomic mass is 10.0. The number of fused-ring (bicyclic) bond motifs is 1. The van der Waals surface area contributed by atoms with E-state index in [-0.39, 0.29) is 30.0 Å². The number of allylic oxidation sites excluding steroid dienone is 2. The lowest BCUT2D eigenvalue weighted by Crippen LogP contribution is -2.52. The number of hydrogen-bond acceptors (Lipinski definition) is 7. The number of piperidine rings is 1. The van der Waals surface area contributed by atoms with Crippen LogP contribution in [0.1, 0.15) is 48.5 Å². The van der Waals surface area contributed by atoms with E-state index < -0.39 is 22.0 Å². The molecule has 3 amide bonds. The number of hydrogen-bond donors (Lipinski definition) is 1. The van der Waals surface area contributed by atoms with Crippen LogP contribution in [0.25, 0.3) is 0 Å². The molecular weight excluding hydrogens is 532 g/mol. The maximum atomic E-state index is 13.0. The Morgan fingerprint density at radius 3 is 2.52 bits per heavy atom. The molecule has 10 nitrogen and oxygen atoms in total. The number of carbonyl (C=O) groups is 3. The summed E-state index contributed by atoms with van der Waals surface area (Å²) in [6.07, 6.45) is 7.90. The van der Waals surface area contributed by atoms with Crippen LogP contribution < -0.4 is 10.1 Å². The van der Waals surface area contributed by atoms with Gasteiger partial charge in [0.25, 0.3) is 5.91 Å². The SMILES string of the molecule is C=C/C(=C\C=C(/C)COc1cccc2c1CN(C1CCC(=O)NC1=O)C2=O)CN1CCN(S(=O)(=O)C2CC2)CC1. The highest BCUT2D eigenvalue weighted by Gasteiger charge is 2.41. The van der Waals surface area contributed by atoms with Gasteiger partial charge in [0.05, 0.1) is 11.8 Å². The van der Waals surface area contributed by atoms with Gasteiger partial charge >= 0.3 is 0 Å². The molecule has 40 heavy (non-hydrogen) atoms. The molecule has 1 N–H and O–H groups in total. The first kappa shape index (κ1) is 28.3. The molecule has 1 aromatic rings. The number of rotatable bonds is 10. The number of carbonyl (C=O) groups excluding carboxylic acids is 3. The average molecular weight is 569 g/mol. The summed E-state index contributed by atoms with van der Waals surface area (Å²) in [6.45, 7) is 9.60. The van der Waals surface area contributed by atoms with Crippen LogP contribution in [-0.2, 0) is 26.2 Å². The first-order chi connectivity index (χ1) is 19.2. The topological polar surface area (TPSA) is 116 Å². The summed E-state index contributed by atoms with van der Waals surface area (Å²) in [5.41, 5.74) is 3.27. The fraction of sp³-hybridized carbons (Fsp3) is 0.483. The Labute approximate surface area is 235 Å². The van der Waals surface area contributed by atoms with Crippen molar-refractivity contribution >= 4 is 27.7 Å². The number of nitrogens with one attached hydrogen (secondary N) is 1. The summed E-state index contributed by atoms with van der Waals surface area (Å²) in [6, 6.07) is 4.66. The van der Waals surface area contributed by atoms with E-state index in [1.165, 1.54) is 4.90 Å². The second-order valence-electron chi connectivity index (χ2n) is 10.8. The minimum Gasteiger partial charge on any atom is -0.489 e. The van der Waals surface area contributed by atoms with E-state index in [1.807, 2.05) is 31.2 Å². The van der Waals surface area contributed by atoms with Crippen molar-refractivity contribution in [2.75, 3.05) is 39.3 Å². The predicted molar refractivity (Wildman–Crippen MR) is 150 cm³/mol. The number of sulfonamides is 1. The van der Waals surface area contributed by atoms with Crippen LogP contribution in [-0.4, -0.2) is 90.9 Å². The molecular formula is C29H36N4O6S. The number of nitrogens with zero attached hydrogens (tertiary/aromatic N) is 3. The Balaban J connectivity index is 1.16. The minimum atomic E-state index is -3.12. The highest BCUT2D eigenvalue weighted by molar-refractivity contribution is 7.90. The summed E-state index contributed by atoms with van der Waals surface area (Å²) in [5.74, 6) is -0.382. The van der Waals surface area contributed by atoms with Crippen molar-refractivity contribution in [3.63, 3.8) is 0 Å². The molecule has 214 valence electrons. The second kappa shape index (κ2) is 11.7. The quantitative estimate of drug-likeness (QED) is 0.339. The van der Waals surface area contributed by atoms with Gasteiger partial charge in [-0.25, -0.2) is 8.42 Å². The van der Waals surface area contributed by atoms with Gasteiger partial charge < -0.3 is 9.64 Å². The Morgan fingerprint density at radius 1 is 1.10 bits per heavy atom. The zero-order valence-corrected chi connectivity index (χ0v) is 23.6. The van der Waals surface area contributed by atoms with Crippen LogP contribution in [0.2, 0.25) is 0 Å². The van der Waals surface area contributed by atoms with Gasteiger partial charge in [0.1, 0.15) is 18.4 Å². The third-order valence-corrected chi connectivity index (χ3v) is 10.3. The van der Waals surface area contributed by atoms with Gasteiger partial charge in [0, 0.05) is 50.3 Å². The second-order valence-corrected chi connectivity index (χ2v) is 13.1. The summed E-state index contributed by atoms with van der Waals surface area (Å²) >= 11 is 0. The van der Waals surface area contributed by atoms with Crippen LogP contribution in [0.3, 0.4) is 0 Å². The van der Waals surface area contributed by atoms with Gasteiger partial charge in [-0.2, -0.15) is 4.31 Å². The maximum absolute atomic E-state index is 13.0. The summed E-state index contributed by atoms with van der Waals surface area (Å²) in [7, 11) is -3.12. The van der Waals surface area contributed by atoms with Gasteiger partial charge in [-0.1, -0.05) is 30.9 Å². The molecule has 0 bridgehead atoms. The van der Waals surface area contributed by atoms with Crippen LogP contribution in [0.15, 0.2) is 54.2 Å². The van der Waals surface area contributed by atoms with Crippen molar-refractivity contribution < 1.29 is 27.5 Å². The Morgan fingerprint density at radius 2 is 1.85 bits per heavy atom. The molecule has 2 saturated heterocycles. The normalized spacial score (nSPS) is 23.3. The van der Waals surface area contributed by atoms with E-state index in [4.69, 9.17) is 4.74 Å². The Kier molecular flexibility index (Phi) is 8.25. The van der Waals surface area contributed by atoms with Gasteiger partial charge in [-0.3, -0.25) is 24.6 Å². The predicted octanol–water partition coefficient (Wildman–Crippen LogP) is 1.99. The third kappa shape index (κ3) is 6.06. The summed E-state index contributed by atoms with van der Waals surface area (Å²) in [5, 5.41) is 2.16. The molecule has 3 heterocycles. The number of amides is 3. The van der Waals surface area contributed by atoms with E-state index in [0.717, 1.165) is 29.6 Å². The smallest absolute Gasteiger partial charge is 0.255 e. The largest absolute Gasteiger partial charge is 0.489 e. The van der Waals surface area contributed by atoms with Gasteiger partial charge in [0.2, 0.25) is 21.8 Å². The number of imide groups is 1. The van der Waals surface area contributed by atoms with Crippen LogP contribution in [0.5, 0.6) is 5.75 Å². The van der Waals surface area contributed by atoms with Gasteiger partial charge in [-0.05, 0) is 49.5 Å². The molecule has 0 spiro atoms. The third-order valence-electron chi connectivity index (χ3n) is 7.88. The summed E-state index contributed by atoms with van der Waals surface area (Å²) < 4.78 is 32.7. The lowest BCUT2D eigenvalue weighted by molar-refractivity contribution is -0.136. The van der Waals surface area contributed by atoms with E-state index >= 15 is 0 Å². The molecule has 1 aromatic carbocycles. The molecule has 1 atom stereocenters. The van der Waals surface area contributed by atoms with E-state index in [1.54, 1.807) is 16.4 Å². The van der Waals surface area contributed by atoms with Crippen molar-refractivity contribution in [2.24, 2.45) is 0 Å². The Hall–Kier alpha value is -3.28. The first-order valence-corrected chi connectivity index (χ1v) is 15.3. The standard InChI is InChI=1S/C29H36N4O6S/c1-3-21(17-31-13-15-32(16-14-31)40(37,38)22-9-10-22)8-7-20(2)19-39-26-6-4-5-23-24(26)18-33(29(23)36)25-11-12-27(34)30-28(25)35/h3-8,22,25H,1,9-19H2,2H3,(H,30,34,35)/b20-7+,21-8+. The number of ether oxygens (including phenoxy) is 1. The van der Waals surface area contributed by atoms with Crippen LogP contribution in [0, 0.1) is 0 Å². The van der Waals surface area contributed by atoms with E-state index in [2.05, 4.69) is 16.8 Å². The summed E-state index contributed by atoms with van der Waals surface area (Å²) in [4.78, 5) is 40.6. The van der Waals surface area contributed by atoms with Crippen molar-refractivity contribution in [2.45, 2.75) is 50.4 Å². The molecule has 0 radical (unpaired) electrons. The minimum absolute atomic E-state index is 0.167. The highest BCUT2D eigenvalue weighted by atomic mass is 32.2. The number of benzene rings is 1. The maximum Gasteiger partial charge on any atom is 0.255 e. The zero-order valence-electron chi connectivity index (χ0n) is 22.8. The highest BCUT2D eigenvalue weighted by Crippen LogP contribution is 2.34. The van der Waals surface area contributed by atoms with Gasteiger partial charge in [-0.15, -0.1) is 0 Å². The molecule has 1 aliphatic carbocycles. The van der Waals surface area contributed by atoms with Gasteiger partial charge in [0.15, 0.2) is 0 Å². The van der Waals surface area contributed by atoms with E-state index in [0.29, 0.717) is 57.1 Å². The van der Waals surface area contributed by atoms with Crippen molar-refractivity contribution in [3.8, 4) is 5.75 Å². The van der Waals surface area contributed by atoms with Crippen LogP contribution in [0.4, 0.5) is 0 Å². The van der Waals surface area contributed by atoms with Crippen molar-refractivity contribution in [1.29, 1.82) is 0 Å². The fourth-order valence-corrected chi connectivity index (χ4v) is 7.17. The molecule has 1 unspecified atom stereocenters. The fourth-order valence-electron chi connectivity index (χ4n) is 5.34. The molecule has 11 heteroatoms. The molecule has 4 aliphatic rings. The van der Waals surface area contributed by atoms with Crippen LogP contribution >= 0.6 is 0 Å². The zero-order chi connectivity index (χ0) is 28.4. The molecule has 3 fully saturated rings. The molecule has 5 rings (SSSR count). The lowest BCUT2D eigenvalue weighted by Gasteiger charge is -2.34. The molecule has 3 aliphatic heterocycles. The van der Waals surface area contributed by atoms with Crippen molar-refractivity contribution in [1.82, 2.24) is 19.4 Å². The molecule has 0 aromatic heterocycles. The Bertz CT molecular complexity index is 1370. The first-order valence-electron chi connectivity index (χ1n) is 13.8. The molecule has 1 saturated carbocycles. The van der Waals surface area contributed by atoms with Crippen molar-refractivity contribution in [3.05, 3.63) is 65.3 Å². The average Bonchev–Trinajstić information content (AvgIpc) is 3.75.